The number of alkyl halides is 7. The van der Waals surface area contributed by atoms with Crippen molar-refractivity contribution >= 4 is 11.8 Å². The van der Waals surface area contributed by atoms with E-state index < -0.39 is 62.6 Å². The smallest absolute Gasteiger partial charge is 0.206 e. The molecule has 0 aromatic heterocycles. The SMILES string of the molecule is Cc1cc(C)c(-c2c(F)ccc(F)c2F)c(SC(F)(F)C(F)(F)C(F)(F)F)c1. The Balaban J connectivity index is 2.73. The molecule has 0 saturated carbocycles. The normalized spacial score (nSPS) is 13.1. The van der Waals surface area contributed by atoms with E-state index in [9.17, 15) is 43.9 Å². The molecule has 0 atom stereocenters. The third-order valence-electron chi connectivity index (χ3n) is 3.70. The fraction of sp³-hybridized carbons (Fsp3) is 0.294. The lowest BCUT2D eigenvalue weighted by Crippen LogP contribution is -2.49. The summed E-state index contributed by atoms with van der Waals surface area (Å²) in [5.41, 5.74) is -1.88. The van der Waals surface area contributed by atoms with Gasteiger partial charge in [0.15, 0.2) is 11.6 Å². The van der Waals surface area contributed by atoms with Crippen molar-refractivity contribution in [1.29, 1.82) is 0 Å². The molecule has 2 rings (SSSR count). The molecule has 28 heavy (non-hydrogen) atoms. The Morgan fingerprint density at radius 2 is 1.29 bits per heavy atom. The minimum Gasteiger partial charge on any atom is -0.206 e. The summed E-state index contributed by atoms with van der Waals surface area (Å²) >= 11 is -1.21. The van der Waals surface area contributed by atoms with E-state index in [1.165, 1.54) is 13.0 Å². The van der Waals surface area contributed by atoms with Gasteiger partial charge in [0.1, 0.15) is 5.82 Å². The third-order valence-corrected chi connectivity index (χ3v) is 4.75. The van der Waals surface area contributed by atoms with Crippen LogP contribution in [0, 0.1) is 31.3 Å². The summed E-state index contributed by atoms with van der Waals surface area (Å²) < 4.78 is 133. The molecule has 0 N–H and O–H groups in total. The van der Waals surface area contributed by atoms with Crippen LogP contribution in [-0.4, -0.2) is 17.4 Å². The van der Waals surface area contributed by atoms with Crippen molar-refractivity contribution in [3.05, 3.63) is 52.8 Å². The predicted octanol–water partition coefficient (Wildman–Crippen LogP) is 7.27. The molecule has 0 aliphatic rings. The van der Waals surface area contributed by atoms with E-state index in [1.54, 1.807) is 0 Å². The number of hydrogen-bond acceptors (Lipinski definition) is 1. The van der Waals surface area contributed by atoms with Gasteiger partial charge in [-0.25, -0.2) is 13.2 Å². The van der Waals surface area contributed by atoms with Gasteiger partial charge < -0.3 is 0 Å². The highest BCUT2D eigenvalue weighted by atomic mass is 32.2. The second-order valence-corrected chi connectivity index (χ2v) is 7.02. The van der Waals surface area contributed by atoms with Crippen LogP contribution < -0.4 is 0 Å². The zero-order valence-corrected chi connectivity index (χ0v) is 14.8. The Labute approximate surface area is 156 Å². The van der Waals surface area contributed by atoms with Crippen LogP contribution in [0.15, 0.2) is 29.2 Å². The topological polar surface area (TPSA) is 0 Å². The molecule has 0 radical (unpaired) electrons. The summed E-state index contributed by atoms with van der Waals surface area (Å²) in [7, 11) is 0. The Morgan fingerprint density at radius 3 is 1.82 bits per heavy atom. The Morgan fingerprint density at radius 1 is 0.750 bits per heavy atom. The summed E-state index contributed by atoms with van der Waals surface area (Å²) in [5, 5.41) is -5.71. The molecule has 11 heteroatoms. The average Bonchev–Trinajstić information content (AvgIpc) is 2.51. The molecule has 0 aliphatic heterocycles. The fourth-order valence-electron chi connectivity index (χ4n) is 2.45. The molecule has 2 aromatic carbocycles. The van der Waals surface area contributed by atoms with Crippen molar-refractivity contribution in [2.24, 2.45) is 0 Å². The highest BCUT2D eigenvalue weighted by Crippen LogP contribution is 2.55. The third kappa shape index (κ3) is 3.81. The molecule has 0 saturated heterocycles. The second kappa shape index (κ2) is 7.16. The van der Waals surface area contributed by atoms with Crippen LogP contribution in [0.25, 0.3) is 11.1 Å². The van der Waals surface area contributed by atoms with Crippen LogP contribution in [0.5, 0.6) is 0 Å². The lowest BCUT2D eigenvalue weighted by Gasteiger charge is -2.28. The molecule has 0 unspecified atom stereocenters. The maximum Gasteiger partial charge on any atom is 0.460 e. The first-order valence-electron chi connectivity index (χ1n) is 7.36. The van der Waals surface area contributed by atoms with Gasteiger partial charge in [-0.3, -0.25) is 0 Å². The number of halogens is 10. The highest BCUT2D eigenvalue weighted by Gasteiger charge is 2.73. The van der Waals surface area contributed by atoms with Crippen LogP contribution >= 0.6 is 11.8 Å². The van der Waals surface area contributed by atoms with E-state index in [4.69, 9.17) is 0 Å². The molecule has 0 amide bonds. The first kappa shape index (κ1) is 22.4. The van der Waals surface area contributed by atoms with E-state index >= 15 is 0 Å². The summed E-state index contributed by atoms with van der Waals surface area (Å²) in [6.45, 7) is 2.47. The second-order valence-electron chi connectivity index (χ2n) is 5.86. The summed E-state index contributed by atoms with van der Waals surface area (Å²) in [6.07, 6.45) is -6.57. The largest absolute Gasteiger partial charge is 0.460 e. The van der Waals surface area contributed by atoms with Gasteiger partial charge in [-0.2, -0.15) is 30.7 Å². The van der Waals surface area contributed by atoms with Gasteiger partial charge in [-0.05, 0) is 54.9 Å². The molecule has 0 spiro atoms. The van der Waals surface area contributed by atoms with Gasteiger partial charge in [-0.1, -0.05) is 6.07 Å². The molecule has 0 aliphatic carbocycles. The summed E-state index contributed by atoms with van der Waals surface area (Å²) in [5.74, 6) is -11.2. The van der Waals surface area contributed by atoms with Crippen molar-refractivity contribution in [3.8, 4) is 11.1 Å². The maximum absolute atomic E-state index is 14.1. The molecule has 0 heterocycles. The van der Waals surface area contributed by atoms with Gasteiger partial charge in [0, 0.05) is 10.5 Å². The minimum absolute atomic E-state index is 0.128. The van der Waals surface area contributed by atoms with Crippen LogP contribution in [0.4, 0.5) is 43.9 Å². The molecule has 0 nitrogen and oxygen atoms in total. The highest BCUT2D eigenvalue weighted by molar-refractivity contribution is 8.00. The van der Waals surface area contributed by atoms with Crippen molar-refractivity contribution in [3.63, 3.8) is 0 Å². The van der Waals surface area contributed by atoms with E-state index in [1.807, 2.05) is 0 Å². The van der Waals surface area contributed by atoms with Gasteiger partial charge in [0.2, 0.25) is 0 Å². The summed E-state index contributed by atoms with van der Waals surface area (Å²) in [6, 6.07) is 2.88. The Bertz CT molecular complexity index is 902. The van der Waals surface area contributed by atoms with Crippen LogP contribution in [0.2, 0.25) is 0 Å². The number of aryl methyl sites for hydroxylation is 2. The average molecular weight is 436 g/mol. The molecule has 2 aromatic rings. The van der Waals surface area contributed by atoms with Crippen molar-refractivity contribution in [2.45, 2.75) is 36.1 Å². The van der Waals surface area contributed by atoms with E-state index in [0.29, 0.717) is 12.1 Å². The Hall–Kier alpha value is -1.91. The maximum atomic E-state index is 14.1. The van der Waals surface area contributed by atoms with Crippen molar-refractivity contribution in [2.75, 3.05) is 0 Å². The lowest BCUT2D eigenvalue weighted by molar-refractivity contribution is -0.330. The van der Waals surface area contributed by atoms with Crippen molar-refractivity contribution in [1.82, 2.24) is 0 Å². The minimum atomic E-state index is -6.57. The first-order valence-corrected chi connectivity index (χ1v) is 8.18. The molecule has 0 fully saturated rings. The number of thioether (sulfide) groups is 1. The fourth-order valence-corrected chi connectivity index (χ4v) is 3.58. The predicted molar refractivity (Wildman–Crippen MR) is 83.0 cm³/mol. The molecular formula is C17H10F10S. The monoisotopic (exact) mass is 436 g/mol. The van der Waals surface area contributed by atoms with E-state index in [0.717, 1.165) is 13.0 Å². The lowest BCUT2D eigenvalue weighted by atomic mass is 9.97. The molecule has 154 valence electrons. The molecule has 0 bridgehead atoms. The van der Waals surface area contributed by atoms with E-state index in [2.05, 4.69) is 0 Å². The number of hydrogen-bond donors (Lipinski definition) is 0. The number of rotatable bonds is 4. The quantitative estimate of drug-likeness (QED) is 0.276. The van der Waals surface area contributed by atoms with Gasteiger partial charge in [0.05, 0.1) is 5.56 Å². The summed E-state index contributed by atoms with van der Waals surface area (Å²) in [4.78, 5) is -0.963. The Kier molecular flexibility index (Phi) is 5.72. The standard InChI is InChI=1S/C17H10F10S/c1-7-5-8(2)12(13-9(18)3-4-10(19)14(13)20)11(6-7)28-17(26,27)15(21,22)16(23,24)25/h3-6H,1-2H3. The van der Waals surface area contributed by atoms with Gasteiger partial charge in [0.25, 0.3) is 0 Å². The van der Waals surface area contributed by atoms with Crippen LogP contribution in [-0.2, 0) is 0 Å². The zero-order valence-electron chi connectivity index (χ0n) is 14.0. The first-order chi connectivity index (χ1) is 12.6. The van der Waals surface area contributed by atoms with E-state index in [-0.39, 0.29) is 11.1 Å². The molecular weight excluding hydrogens is 426 g/mol. The number of benzene rings is 2. The van der Waals surface area contributed by atoms with Gasteiger partial charge >= 0.3 is 17.4 Å². The van der Waals surface area contributed by atoms with Crippen LogP contribution in [0.1, 0.15) is 11.1 Å². The van der Waals surface area contributed by atoms with Crippen LogP contribution in [0.3, 0.4) is 0 Å². The zero-order chi connectivity index (χ0) is 21.7. The van der Waals surface area contributed by atoms with Gasteiger partial charge in [-0.15, -0.1) is 0 Å². The van der Waals surface area contributed by atoms with Crippen molar-refractivity contribution < 1.29 is 43.9 Å².